The fourth-order valence-corrected chi connectivity index (χ4v) is 4.01. The zero-order valence-corrected chi connectivity index (χ0v) is 18.3. The number of aliphatic hydroxyl groups is 1. The average molecular weight is 434 g/mol. The molecule has 168 valence electrons. The van der Waals surface area contributed by atoms with Crippen molar-refractivity contribution in [1.82, 2.24) is 4.98 Å². The summed E-state index contributed by atoms with van der Waals surface area (Å²) in [5, 5.41) is 12.7. The summed E-state index contributed by atoms with van der Waals surface area (Å²) >= 11 is 0. The molecule has 4 atom stereocenters. The van der Waals surface area contributed by atoms with Gasteiger partial charge in [-0.25, -0.2) is 8.78 Å². The first kappa shape index (κ1) is 23.2. The van der Waals surface area contributed by atoms with Crippen molar-refractivity contribution < 1.29 is 28.2 Å². The molecule has 0 saturated carbocycles. The van der Waals surface area contributed by atoms with Crippen LogP contribution >= 0.6 is 0 Å². The van der Waals surface area contributed by atoms with E-state index in [0.29, 0.717) is 16.9 Å². The highest BCUT2D eigenvalue weighted by molar-refractivity contribution is 5.95. The van der Waals surface area contributed by atoms with Gasteiger partial charge in [-0.3, -0.25) is 9.78 Å². The molecule has 31 heavy (non-hydrogen) atoms. The van der Waals surface area contributed by atoms with Crippen LogP contribution in [-0.4, -0.2) is 41.4 Å². The van der Waals surface area contributed by atoms with Crippen molar-refractivity contribution in [2.24, 2.45) is 5.92 Å². The molecule has 0 radical (unpaired) electrons. The maximum atomic E-state index is 14.2. The number of nitrogens with one attached hydrogen (secondary N) is 1. The van der Waals surface area contributed by atoms with Crippen LogP contribution in [-0.2, 0) is 14.3 Å². The highest BCUT2D eigenvalue weighted by Gasteiger charge is 2.51. The molecule has 6 nitrogen and oxygen atoms in total. The first-order valence-corrected chi connectivity index (χ1v) is 10.1. The topological polar surface area (TPSA) is 80.7 Å². The number of aromatic nitrogens is 1. The minimum absolute atomic E-state index is 0.108. The number of carbonyl (C=O) groups is 1. The van der Waals surface area contributed by atoms with E-state index >= 15 is 0 Å². The Labute approximate surface area is 180 Å². The number of carbonyl (C=O) groups excluding carboxylic acids is 1. The molecule has 2 N–H and O–H groups in total. The lowest BCUT2D eigenvalue weighted by molar-refractivity contribution is -0.131. The molecule has 1 saturated heterocycles. The fraction of sp³-hybridized carbons (Fsp3) is 0.478. The van der Waals surface area contributed by atoms with E-state index in [4.69, 9.17) is 9.47 Å². The Morgan fingerprint density at radius 1 is 1.32 bits per heavy atom. The van der Waals surface area contributed by atoms with Gasteiger partial charge < -0.3 is 19.9 Å². The van der Waals surface area contributed by atoms with Crippen LogP contribution in [0.1, 0.15) is 49.6 Å². The quantitative estimate of drug-likeness (QED) is 0.721. The number of methoxy groups -OCH3 is 1. The van der Waals surface area contributed by atoms with Gasteiger partial charge in [-0.1, -0.05) is 13.0 Å². The average Bonchev–Trinajstić information content (AvgIpc) is 2.97. The van der Waals surface area contributed by atoms with Gasteiger partial charge in [0.15, 0.2) is 11.6 Å². The smallest absolute Gasteiger partial charge is 0.254 e. The number of hydrogen-bond donors (Lipinski definition) is 2. The number of aliphatic hydroxyl groups excluding tert-OH is 1. The molecule has 8 heteroatoms. The van der Waals surface area contributed by atoms with Crippen molar-refractivity contribution in [3.8, 4) is 0 Å². The van der Waals surface area contributed by atoms with E-state index in [9.17, 15) is 18.7 Å². The largest absolute Gasteiger partial charge is 0.384 e. The summed E-state index contributed by atoms with van der Waals surface area (Å²) in [6.45, 7) is 7.30. The Bertz CT molecular complexity index is 949. The second-order valence-corrected chi connectivity index (χ2v) is 8.46. The standard InChI is InChI=1S/C23H28F2N2O4/c1-12-15(7-8-16(24)20(12)25)19-13(2)23(3,4)31-21(19)22(29)27-14-6-9-17(26-10-14)18(28)11-30-5/h6-10,13,18-19,21,28H,11H2,1-5H3,(H,27,29)/t13-,18?,19-,21+/m0/s1. The summed E-state index contributed by atoms with van der Waals surface area (Å²) in [5.74, 6) is -2.83. The van der Waals surface area contributed by atoms with Gasteiger partial charge in [-0.05, 0) is 56.0 Å². The first-order chi connectivity index (χ1) is 14.6. The third-order valence-corrected chi connectivity index (χ3v) is 6.11. The maximum absolute atomic E-state index is 14.2. The highest BCUT2D eigenvalue weighted by Crippen LogP contribution is 2.47. The van der Waals surface area contributed by atoms with Gasteiger partial charge in [0.2, 0.25) is 0 Å². The number of hydrogen-bond acceptors (Lipinski definition) is 5. The lowest BCUT2D eigenvalue weighted by Crippen LogP contribution is -2.33. The van der Waals surface area contributed by atoms with Gasteiger partial charge in [0.1, 0.15) is 12.2 Å². The van der Waals surface area contributed by atoms with Gasteiger partial charge in [0, 0.05) is 13.0 Å². The van der Waals surface area contributed by atoms with Crippen molar-refractivity contribution in [3.05, 3.63) is 58.9 Å². The highest BCUT2D eigenvalue weighted by atomic mass is 19.2. The van der Waals surface area contributed by atoms with Crippen molar-refractivity contribution in [1.29, 1.82) is 0 Å². The third kappa shape index (κ3) is 4.61. The maximum Gasteiger partial charge on any atom is 0.254 e. The molecule has 2 heterocycles. The molecule has 1 aliphatic heterocycles. The van der Waals surface area contributed by atoms with Crippen LogP contribution < -0.4 is 5.32 Å². The second-order valence-electron chi connectivity index (χ2n) is 8.46. The molecule has 1 unspecified atom stereocenters. The molecular formula is C23H28F2N2O4. The number of amides is 1. The lowest BCUT2D eigenvalue weighted by atomic mass is 9.77. The molecule has 1 aliphatic rings. The van der Waals surface area contributed by atoms with Crippen molar-refractivity contribution in [2.45, 2.75) is 51.4 Å². The molecular weight excluding hydrogens is 406 g/mol. The third-order valence-electron chi connectivity index (χ3n) is 6.11. The number of benzene rings is 1. The number of nitrogens with zero attached hydrogens (tertiary/aromatic N) is 1. The molecule has 0 bridgehead atoms. The molecule has 1 aromatic heterocycles. The summed E-state index contributed by atoms with van der Waals surface area (Å²) in [6.07, 6.45) is -0.324. The van der Waals surface area contributed by atoms with E-state index in [-0.39, 0.29) is 18.1 Å². The predicted octanol–water partition coefficient (Wildman–Crippen LogP) is 3.88. The van der Waals surface area contributed by atoms with E-state index in [2.05, 4.69) is 10.3 Å². The van der Waals surface area contributed by atoms with Crippen LogP contribution in [0.15, 0.2) is 30.5 Å². The van der Waals surface area contributed by atoms with Gasteiger partial charge in [-0.15, -0.1) is 0 Å². The number of ether oxygens (including phenoxy) is 2. The minimum atomic E-state index is -0.921. The van der Waals surface area contributed by atoms with Crippen molar-refractivity contribution in [2.75, 3.05) is 19.0 Å². The fourth-order valence-electron chi connectivity index (χ4n) is 4.01. The number of rotatable bonds is 6. The summed E-state index contributed by atoms with van der Waals surface area (Å²) < 4.78 is 38.9. The van der Waals surface area contributed by atoms with Crippen LogP contribution in [0.2, 0.25) is 0 Å². The van der Waals surface area contributed by atoms with Gasteiger partial charge in [0.05, 0.1) is 29.8 Å². The molecule has 3 rings (SSSR count). The molecule has 1 fully saturated rings. The monoisotopic (exact) mass is 434 g/mol. The Balaban J connectivity index is 1.86. The molecule has 0 aliphatic carbocycles. The van der Waals surface area contributed by atoms with Gasteiger partial charge in [-0.2, -0.15) is 0 Å². The Hall–Kier alpha value is -2.42. The van der Waals surface area contributed by atoms with E-state index in [0.717, 1.165) is 6.07 Å². The molecule has 1 amide bonds. The zero-order chi connectivity index (χ0) is 22.9. The second kappa shape index (κ2) is 8.98. The molecule has 1 aromatic carbocycles. The Morgan fingerprint density at radius 3 is 2.65 bits per heavy atom. The molecule has 2 aromatic rings. The van der Waals surface area contributed by atoms with Gasteiger partial charge in [0.25, 0.3) is 5.91 Å². The summed E-state index contributed by atoms with van der Waals surface area (Å²) in [4.78, 5) is 17.3. The normalized spacial score (nSPS) is 23.5. The number of pyridine rings is 1. The first-order valence-electron chi connectivity index (χ1n) is 10.1. The predicted molar refractivity (Wildman–Crippen MR) is 112 cm³/mol. The summed E-state index contributed by atoms with van der Waals surface area (Å²) in [6, 6.07) is 5.82. The lowest BCUT2D eigenvalue weighted by Gasteiger charge is -2.25. The van der Waals surface area contributed by atoms with Gasteiger partial charge >= 0.3 is 0 Å². The van der Waals surface area contributed by atoms with Crippen molar-refractivity contribution in [3.63, 3.8) is 0 Å². The molecule has 0 spiro atoms. The summed E-state index contributed by atoms with van der Waals surface area (Å²) in [7, 11) is 1.48. The van der Waals surface area contributed by atoms with E-state index in [1.165, 1.54) is 26.3 Å². The van der Waals surface area contributed by atoms with Crippen LogP contribution in [0.5, 0.6) is 0 Å². The number of anilines is 1. The van der Waals surface area contributed by atoms with E-state index < -0.39 is 41.3 Å². The zero-order valence-electron chi connectivity index (χ0n) is 18.3. The van der Waals surface area contributed by atoms with Crippen LogP contribution in [0, 0.1) is 24.5 Å². The van der Waals surface area contributed by atoms with Crippen LogP contribution in [0.4, 0.5) is 14.5 Å². The summed E-state index contributed by atoms with van der Waals surface area (Å²) in [5.41, 5.74) is 0.931. The van der Waals surface area contributed by atoms with E-state index in [1.807, 2.05) is 20.8 Å². The number of halogens is 2. The van der Waals surface area contributed by atoms with Crippen LogP contribution in [0.25, 0.3) is 0 Å². The Kier molecular flexibility index (Phi) is 6.73. The van der Waals surface area contributed by atoms with E-state index in [1.54, 1.807) is 12.1 Å². The SMILES string of the molecule is COCC(O)c1ccc(NC(=O)[C@@H]2OC(C)(C)[C@@H](C)[C@H]2c2ccc(F)c(F)c2C)cn1. The minimum Gasteiger partial charge on any atom is -0.384 e. The van der Waals surface area contributed by atoms with Crippen molar-refractivity contribution >= 4 is 11.6 Å². The Morgan fingerprint density at radius 2 is 2.03 bits per heavy atom. The van der Waals surface area contributed by atoms with Crippen LogP contribution in [0.3, 0.4) is 0 Å².